The minimum absolute atomic E-state index is 0.0270. The van der Waals surface area contributed by atoms with Crippen molar-refractivity contribution < 1.29 is 19.4 Å². The minimum Gasteiger partial charge on any atom is -0.478 e. The van der Waals surface area contributed by atoms with Gasteiger partial charge in [0.15, 0.2) is 0 Å². The summed E-state index contributed by atoms with van der Waals surface area (Å²) in [5.41, 5.74) is 2.10. The predicted molar refractivity (Wildman–Crippen MR) is 93.4 cm³/mol. The number of carbonyl (C=O) groups excluding carboxylic acids is 1. The van der Waals surface area contributed by atoms with Crippen LogP contribution in [0.25, 0.3) is 0 Å². The Morgan fingerprint density at radius 3 is 2.40 bits per heavy atom. The first-order chi connectivity index (χ1) is 12.0. The largest absolute Gasteiger partial charge is 0.478 e. The maximum atomic E-state index is 12.7. The summed E-state index contributed by atoms with van der Waals surface area (Å²) < 4.78 is 5.99. The van der Waals surface area contributed by atoms with Crippen LogP contribution >= 0.6 is 0 Å². The maximum Gasteiger partial charge on any atom is 0.335 e. The molecule has 5 heteroatoms. The second-order valence-corrected chi connectivity index (χ2v) is 6.32. The SMILES string of the molecule is C[C@@H]1CN(C(=O)Cc2ccc(C(=O)O)cc2)C[C@@H](c2ccccc2)O1. The Morgan fingerprint density at radius 2 is 1.76 bits per heavy atom. The van der Waals surface area contributed by atoms with Crippen LogP contribution in [0.5, 0.6) is 0 Å². The number of ether oxygens (including phenoxy) is 1. The Kier molecular flexibility index (Phi) is 5.14. The molecule has 1 amide bonds. The Labute approximate surface area is 146 Å². The maximum absolute atomic E-state index is 12.7. The third-order valence-corrected chi connectivity index (χ3v) is 4.34. The highest BCUT2D eigenvalue weighted by atomic mass is 16.5. The fourth-order valence-corrected chi connectivity index (χ4v) is 3.06. The molecule has 0 bridgehead atoms. The van der Waals surface area contributed by atoms with Crippen molar-refractivity contribution >= 4 is 11.9 Å². The van der Waals surface area contributed by atoms with Gasteiger partial charge in [0.25, 0.3) is 0 Å². The number of rotatable bonds is 4. The van der Waals surface area contributed by atoms with Crippen LogP contribution in [0, 0.1) is 0 Å². The van der Waals surface area contributed by atoms with Crippen molar-refractivity contribution in [3.05, 3.63) is 71.3 Å². The normalized spacial score (nSPS) is 20.3. The first kappa shape index (κ1) is 17.2. The van der Waals surface area contributed by atoms with Crippen molar-refractivity contribution in [2.45, 2.75) is 25.6 Å². The molecule has 3 rings (SSSR count). The zero-order valence-corrected chi connectivity index (χ0v) is 14.1. The number of amides is 1. The molecule has 1 saturated heterocycles. The number of carboxylic acid groups (broad SMARTS) is 1. The summed E-state index contributed by atoms with van der Waals surface area (Å²) in [6.07, 6.45) is 0.106. The molecule has 0 saturated carbocycles. The van der Waals surface area contributed by atoms with Gasteiger partial charge in [0.1, 0.15) is 6.10 Å². The van der Waals surface area contributed by atoms with E-state index in [1.54, 1.807) is 12.1 Å². The molecule has 1 fully saturated rings. The van der Waals surface area contributed by atoms with E-state index in [-0.39, 0.29) is 30.1 Å². The fraction of sp³-hybridized carbons (Fsp3) is 0.300. The molecule has 1 heterocycles. The Balaban J connectivity index is 1.67. The summed E-state index contributed by atoms with van der Waals surface area (Å²) >= 11 is 0. The summed E-state index contributed by atoms with van der Waals surface area (Å²) in [5.74, 6) is -0.940. The number of carbonyl (C=O) groups is 2. The monoisotopic (exact) mass is 339 g/mol. The lowest BCUT2D eigenvalue weighted by Crippen LogP contribution is -2.46. The predicted octanol–water partition coefficient (Wildman–Crippen LogP) is 2.92. The number of aromatic carboxylic acids is 1. The number of nitrogens with zero attached hydrogens (tertiary/aromatic N) is 1. The Bertz CT molecular complexity index is 742. The van der Waals surface area contributed by atoms with Gasteiger partial charge in [0.2, 0.25) is 5.91 Å². The molecular weight excluding hydrogens is 318 g/mol. The van der Waals surface area contributed by atoms with E-state index in [2.05, 4.69) is 0 Å². The highest BCUT2D eigenvalue weighted by Crippen LogP contribution is 2.25. The Morgan fingerprint density at radius 1 is 1.08 bits per heavy atom. The minimum atomic E-state index is -0.967. The lowest BCUT2D eigenvalue weighted by molar-refractivity contribution is -0.144. The summed E-state index contributed by atoms with van der Waals surface area (Å²) in [4.78, 5) is 25.4. The quantitative estimate of drug-likeness (QED) is 0.930. The third-order valence-electron chi connectivity index (χ3n) is 4.34. The van der Waals surface area contributed by atoms with Crippen LogP contribution in [0.4, 0.5) is 0 Å². The molecule has 5 nitrogen and oxygen atoms in total. The lowest BCUT2D eigenvalue weighted by atomic mass is 10.0. The van der Waals surface area contributed by atoms with Crippen LogP contribution in [0.1, 0.15) is 34.5 Å². The molecule has 1 aliphatic heterocycles. The second kappa shape index (κ2) is 7.49. The fourth-order valence-electron chi connectivity index (χ4n) is 3.06. The highest BCUT2D eigenvalue weighted by molar-refractivity contribution is 5.87. The van der Waals surface area contributed by atoms with E-state index in [1.165, 1.54) is 12.1 Å². The van der Waals surface area contributed by atoms with E-state index in [1.807, 2.05) is 42.2 Å². The average molecular weight is 339 g/mol. The molecule has 2 atom stereocenters. The van der Waals surface area contributed by atoms with Gasteiger partial charge in [-0.2, -0.15) is 0 Å². The van der Waals surface area contributed by atoms with E-state index in [0.29, 0.717) is 13.1 Å². The van der Waals surface area contributed by atoms with Crippen molar-refractivity contribution in [1.82, 2.24) is 4.90 Å². The molecule has 1 aliphatic rings. The van der Waals surface area contributed by atoms with Gasteiger partial charge in [-0.25, -0.2) is 4.79 Å². The number of hydrogen-bond donors (Lipinski definition) is 1. The number of carboxylic acids is 1. The average Bonchev–Trinajstić information content (AvgIpc) is 2.62. The van der Waals surface area contributed by atoms with Gasteiger partial charge in [-0.05, 0) is 30.2 Å². The van der Waals surface area contributed by atoms with Gasteiger partial charge in [0, 0.05) is 6.54 Å². The lowest BCUT2D eigenvalue weighted by Gasteiger charge is -2.37. The van der Waals surface area contributed by atoms with E-state index in [4.69, 9.17) is 9.84 Å². The molecule has 2 aromatic rings. The first-order valence-corrected chi connectivity index (χ1v) is 8.33. The third kappa shape index (κ3) is 4.25. The molecule has 0 spiro atoms. The van der Waals surface area contributed by atoms with E-state index in [9.17, 15) is 9.59 Å². The van der Waals surface area contributed by atoms with Gasteiger partial charge in [-0.3, -0.25) is 4.79 Å². The molecule has 0 aromatic heterocycles. The zero-order chi connectivity index (χ0) is 17.8. The first-order valence-electron chi connectivity index (χ1n) is 8.33. The molecular formula is C20H21NO4. The molecule has 130 valence electrons. The van der Waals surface area contributed by atoms with E-state index >= 15 is 0 Å². The molecule has 0 radical (unpaired) electrons. The van der Waals surface area contributed by atoms with Crippen molar-refractivity contribution in [1.29, 1.82) is 0 Å². The second-order valence-electron chi connectivity index (χ2n) is 6.32. The highest BCUT2D eigenvalue weighted by Gasteiger charge is 2.29. The number of hydrogen-bond acceptors (Lipinski definition) is 3. The van der Waals surface area contributed by atoms with Gasteiger partial charge < -0.3 is 14.7 Å². The standard InChI is InChI=1S/C20H21NO4/c1-14-12-21(13-18(25-14)16-5-3-2-4-6-16)19(22)11-15-7-9-17(10-8-15)20(23)24/h2-10,14,18H,11-13H2,1H3,(H,23,24)/t14-,18+/m1/s1. The van der Waals surface area contributed by atoms with Crippen LogP contribution in [-0.2, 0) is 16.0 Å². The summed E-state index contributed by atoms with van der Waals surface area (Å²) in [7, 11) is 0. The smallest absolute Gasteiger partial charge is 0.335 e. The molecule has 25 heavy (non-hydrogen) atoms. The van der Waals surface area contributed by atoms with Crippen LogP contribution in [0.15, 0.2) is 54.6 Å². The molecule has 0 unspecified atom stereocenters. The molecule has 0 aliphatic carbocycles. The van der Waals surface area contributed by atoms with Crippen LogP contribution in [0.3, 0.4) is 0 Å². The van der Waals surface area contributed by atoms with Crippen molar-refractivity contribution in [3.63, 3.8) is 0 Å². The summed E-state index contributed by atoms with van der Waals surface area (Å²) in [5, 5.41) is 8.94. The van der Waals surface area contributed by atoms with E-state index in [0.717, 1.165) is 11.1 Å². The van der Waals surface area contributed by atoms with Gasteiger partial charge in [-0.1, -0.05) is 42.5 Å². The number of morpholine rings is 1. The van der Waals surface area contributed by atoms with Crippen LogP contribution in [-0.4, -0.2) is 41.1 Å². The van der Waals surface area contributed by atoms with Crippen LogP contribution < -0.4 is 0 Å². The van der Waals surface area contributed by atoms with Crippen molar-refractivity contribution in [3.8, 4) is 0 Å². The number of benzene rings is 2. The van der Waals surface area contributed by atoms with Crippen molar-refractivity contribution in [2.24, 2.45) is 0 Å². The van der Waals surface area contributed by atoms with Gasteiger partial charge >= 0.3 is 5.97 Å². The topological polar surface area (TPSA) is 66.8 Å². The molecule has 2 aromatic carbocycles. The Hall–Kier alpha value is -2.66. The summed E-state index contributed by atoms with van der Waals surface area (Å²) in [6, 6.07) is 16.4. The van der Waals surface area contributed by atoms with Crippen LogP contribution in [0.2, 0.25) is 0 Å². The van der Waals surface area contributed by atoms with Crippen molar-refractivity contribution in [2.75, 3.05) is 13.1 Å². The molecule has 1 N–H and O–H groups in total. The van der Waals surface area contributed by atoms with E-state index < -0.39 is 5.97 Å². The summed E-state index contributed by atoms with van der Waals surface area (Å²) in [6.45, 7) is 3.06. The van der Waals surface area contributed by atoms with Gasteiger partial charge in [-0.15, -0.1) is 0 Å². The zero-order valence-electron chi connectivity index (χ0n) is 14.1. The van der Waals surface area contributed by atoms with Gasteiger partial charge in [0.05, 0.1) is 24.6 Å².